The molecule has 2 rings (SSSR count). The van der Waals surface area contributed by atoms with E-state index >= 15 is 0 Å². The Kier molecular flexibility index (Phi) is 3.79. The van der Waals surface area contributed by atoms with Crippen molar-refractivity contribution in [2.75, 3.05) is 19.6 Å². The summed E-state index contributed by atoms with van der Waals surface area (Å²) >= 11 is 0. The van der Waals surface area contributed by atoms with Crippen molar-refractivity contribution in [3.63, 3.8) is 0 Å². The molecule has 1 saturated heterocycles. The maximum Gasteiger partial charge on any atom is 0.298 e. The minimum Gasteiger partial charge on any atom is -0.332 e. The number of benzene rings is 1. The maximum atomic E-state index is 11.8. The molecular weight excluding hydrogens is 212 g/mol. The van der Waals surface area contributed by atoms with E-state index in [2.05, 4.69) is 11.8 Å². The zero-order chi connectivity index (χ0) is 12.1. The number of nitrogens with two attached hydrogens (primary N) is 1. The quantitative estimate of drug-likeness (QED) is 0.724. The Bertz CT molecular complexity index is 444. The van der Waals surface area contributed by atoms with Crippen LogP contribution in [-0.4, -0.2) is 30.4 Å². The molecule has 3 nitrogen and oxygen atoms in total. The number of rotatable bonds is 1. The van der Waals surface area contributed by atoms with Crippen LogP contribution in [0.2, 0.25) is 0 Å². The fourth-order valence-corrected chi connectivity index (χ4v) is 1.94. The molecule has 0 aliphatic carbocycles. The number of amides is 1. The van der Waals surface area contributed by atoms with Gasteiger partial charge in [0, 0.05) is 24.6 Å². The van der Waals surface area contributed by atoms with E-state index in [0.717, 1.165) is 25.1 Å². The third-order valence-corrected chi connectivity index (χ3v) is 2.99. The smallest absolute Gasteiger partial charge is 0.298 e. The molecule has 0 bridgehead atoms. The number of nitrogens with zero attached hydrogens (tertiary/aromatic N) is 1. The van der Waals surface area contributed by atoms with Gasteiger partial charge in [0.1, 0.15) is 0 Å². The first-order valence-corrected chi connectivity index (χ1v) is 5.85. The van der Waals surface area contributed by atoms with E-state index in [1.54, 1.807) is 4.90 Å². The van der Waals surface area contributed by atoms with Gasteiger partial charge < -0.3 is 10.6 Å². The Labute approximate surface area is 102 Å². The Morgan fingerprint density at radius 1 is 1.41 bits per heavy atom. The van der Waals surface area contributed by atoms with Gasteiger partial charge in [-0.3, -0.25) is 4.79 Å². The molecule has 0 radical (unpaired) electrons. The summed E-state index contributed by atoms with van der Waals surface area (Å²) in [6, 6.07) is 9.54. The van der Waals surface area contributed by atoms with Gasteiger partial charge in [-0.05, 0) is 31.0 Å². The first-order chi connectivity index (χ1) is 8.29. The fourth-order valence-electron chi connectivity index (χ4n) is 1.94. The lowest BCUT2D eigenvalue weighted by molar-refractivity contribution is -0.124. The second kappa shape index (κ2) is 5.51. The van der Waals surface area contributed by atoms with E-state index in [1.165, 1.54) is 0 Å². The normalized spacial score (nSPS) is 18.6. The van der Waals surface area contributed by atoms with Gasteiger partial charge in [-0.2, -0.15) is 0 Å². The predicted octanol–water partition coefficient (Wildman–Crippen LogP) is 0.845. The number of likely N-dealkylation sites (tertiary alicyclic amines) is 1. The summed E-state index contributed by atoms with van der Waals surface area (Å²) in [5.74, 6) is 5.91. The molecule has 1 atom stereocenters. The van der Waals surface area contributed by atoms with Gasteiger partial charge in [-0.1, -0.05) is 24.1 Å². The van der Waals surface area contributed by atoms with Crippen LogP contribution in [0.1, 0.15) is 12.0 Å². The van der Waals surface area contributed by atoms with E-state index in [-0.39, 0.29) is 5.91 Å². The second-order valence-electron chi connectivity index (χ2n) is 4.26. The summed E-state index contributed by atoms with van der Waals surface area (Å²) < 4.78 is 0. The van der Waals surface area contributed by atoms with E-state index in [0.29, 0.717) is 12.5 Å². The minimum atomic E-state index is -0.0928. The number of carbonyl (C=O) groups is 1. The summed E-state index contributed by atoms with van der Waals surface area (Å²) in [6.07, 6.45) is 0.995. The van der Waals surface area contributed by atoms with Crippen LogP contribution in [0.3, 0.4) is 0 Å². The second-order valence-corrected chi connectivity index (χ2v) is 4.26. The Balaban J connectivity index is 1.96. The van der Waals surface area contributed by atoms with Crippen molar-refractivity contribution in [2.24, 2.45) is 11.7 Å². The van der Waals surface area contributed by atoms with Crippen LogP contribution < -0.4 is 5.73 Å². The standard InChI is InChI=1S/C14H16N2O/c15-10-13-8-9-16(11-13)14(17)7-6-12-4-2-1-3-5-12/h1-5,13H,8-11,15H2. The monoisotopic (exact) mass is 228 g/mol. The molecular formula is C14H16N2O. The van der Waals surface area contributed by atoms with Crippen molar-refractivity contribution in [1.82, 2.24) is 4.90 Å². The molecule has 17 heavy (non-hydrogen) atoms. The van der Waals surface area contributed by atoms with E-state index in [4.69, 9.17) is 5.73 Å². The molecule has 1 aliphatic heterocycles. The lowest BCUT2D eigenvalue weighted by atomic mass is 10.1. The van der Waals surface area contributed by atoms with Crippen LogP contribution in [0.25, 0.3) is 0 Å². The average Bonchev–Trinajstić information content (AvgIpc) is 2.86. The van der Waals surface area contributed by atoms with Crippen LogP contribution in [0.5, 0.6) is 0 Å². The molecule has 3 heteroatoms. The summed E-state index contributed by atoms with van der Waals surface area (Å²) in [6.45, 7) is 2.18. The molecule has 88 valence electrons. The predicted molar refractivity (Wildman–Crippen MR) is 67.1 cm³/mol. The molecule has 2 N–H and O–H groups in total. The third-order valence-electron chi connectivity index (χ3n) is 2.99. The van der Waals surface area contributed by atoms with Crippen LogP contribution in [-0.2, 0) is 4.79 Å². The van der Waals surface area contributed by atoms with Crippen LogP contribution in [0.15, 0.2) is 30.3 Å². The highest BCUT2D eigenvalue weighted by Crippen LogP contribution is 2.14. The molecule has 1 heterocycles. The Morgan fingerprint density at radius 2 is 2.18 bits per heavy atom. The molecule has 1 unspecified atom stereocenters. The van der Waals surface area contributed by atoms with Gasteiger partial charge in [-0.25, -0.2) is 0 Å². The number of carbonyl (C=O) groups excluding carboxylic acids is 1. The first-order valence-electron chi connectivity index (χ1n) is 5.85. The van der Waals surface area contributed by atoms with E-state index in [1.807, 2.05) is 30.3 Å². The fraction of sp³-hybridized carbons (Fsp3) is 0.357. The van der Waals surface area contributed by atoms with E-state index < -0.39 is 0 Å². The molecule has 0 saturated carbocycles. The van der Waals surface area contributed by atoms with Crippen LogP contribution >= 0.6 is 0 Å². The van der Waals surface area contributed by atoms with Gasteiger partial charge >= 0.3 is 0 Å². The van der Waals surface area contributed by atoms with Crippen molar-refractivity contribution in [3.8, 4) is 11.8 Å². The van der Waals surface area contributed by atoms with Crippen LogP contribution in [0, 0.1) is 17.8 Å². The highest BCUT2D eigenvalue weighted by molar-refractivity contribution is 5.94. The Morgan fingerprint density at radius 3 is 2.82 bits per heavy atom. The lowest BCUT2D eigenvalue weighted by Crippen LogP contribution is -2.28. The van der Waals surface area contributed by atoms with Gasteiger partial charge in [0.15, 0.2) is 0 Å². The minimum absolute atomic E-state index is 0.0928. The largest absolute Gasteiger partial charge is 0.332 e. The van der Waals surface area contributed by atoms with Gasteiger partial charge in [0.05, 0.1) is 0 Å². The zero-order valence-electron chi connectivity index (χ0n) is 9.73. The van der Waals surface area contributed by atoms with Crippen molar-refractivity contribution in [1.29, 1.82) is 0 Å². The highest BCUT2D eigenvalue weighted by atomic mass is 16.2. The van der Waals surface area contributed by atoms with Gasteiger partial charge in [-0.15, -0.1) is 0 Å². The summed E-state index contributed by atoms with van der Waals surface area (Å²) in [5.41, 5.74) is 6.46. The number of hydrogen-bond donors (Lipinski definition) is 1. The van der Waals surface area contributed by atoms with Crippen molar-refractivity contribution >= 4 is 5.91 Å². The third kappa shape index (κ3) is 3.08. The highest BCUT2D eigenvalue weighted by Gasteiger charge is 2.23. The molecule has 1 aliphatic rings. The van der Waals surface area contributed by atoms with Gasteiger partial charge in [0.25, 0.3) is 5.91 Å². The molecule has 1 amide bonds. The molecule has 1 aromatic carbocycles. The molecule has 1 fully saturated rings. The molecule has 1 aromatic rings. The van der Waals surface area contributed by atoms with Gasteiger partial charge in [0.2, 0.25) is 0 Å². The first kappa shape index (κ1) is 11.7. The summed E-state index contributed by atoms with van der Waals surface area (Å²) in [7, 11) is 0. The summed E-state index contributed by atoms with van der Waals surface area (Å²) in [4.78, 5) is 13.6. The zero-order valence-corrected chi connectivity index (χ0v) is 9.73. The maximum absolute atomic E-state index is 11.8. The average molecular weight is 228 g/mol. The summed E-state index contributed by atoms with van der Waals surface area (Å²) in [5, 5.41) is 0. The molecule has 0 aromatic heterocycles. The van der Waals surface area contributed by atoms with Crippen molar-refractivity contribution in [3.05, 3.63) is 35.9 Å². The lowest BCUT2D eigenvalue weighted by Gasteiger charge is -2.11. The van der Waals surface area contributed by atoms with Crippen molar-refractivity contribution in [2.45, 2.75) is 6.42 Å². The van der Waals surface area contributed by atoms with E-state index in [9.17, 15) is 4.79 Å². The number of hydrogen-bond acceptors (Lipinski definition) is 2. The van der Waals surface area contributed by atoms with Crippen LogP contribution in [0.4, 0.5) is 0 Å². The Hall–Kier alpha value is -1.79. The van der Waals surface area contributed by atoms with Crippen molar-refractivity contribution < 1.29 is 4.79 Å². The topological polar surface area (TPSA) is 46.3 Å². The molecule has 0 spiro atoms. The SMILES string of the molecule is NCC1CCN(C(=O)C#Cc2ccccc2)C1.